The third-order valence-electron chi connectivity index (χ3n) is 4.82. The van der Waals surface area contributed by atoms with Crippen molar-refractivity contribution >= 4 is 16.9 Å². The van der Waals surface area contributed by atoms with Gasteiger partial charge in [-0.3, -0.25) is 4.99 Å². The maximum Gasteiger partial charge on any atom is 0.154 e. The lowest BCUT2D eigenvalue weighted by molar-refractivity contribution is 0.318. The van der Waals surface area contributed by atoms with Gasteiger partial charge in [0.15, 0.2) is 5.17 Å². The highest BCUT2D eigenvalue weighted by Crippen LogP contribution is 2.46. The molecule has 4 rings (SSSR count). The molecule has 1 fully saturated rings. The Hall–Kier alpha value is -1.88. The summed E-state index contributed by atoms with van der Waals surface area (Å²) in [6, 6.07) is 8.79. The van der Waals surface area contributed by atoms with Crippen LogP contribution < -0.4 is 5.73 Å². The summed E-state index contributed by atoms with van der Waals surface area (Å²) < 4.78 is 0. The third kappa shape index (κ3) is 2.98. The Balaban J connectivity index is 1.70. The van der Waals surface area contributed by atoms with Crippen molar-refractivity contribution < 1.29 is 0 Å². The van der Waals surface area contributed by atoms with Crippen LogP contribution in [0.25, 0.3) is 11.1 Å². The van der Waals surface area contributed by atoms with Gasteiger partial charge < -0.3 is 5.73 Å². The number of rotatable bonds is 2. The van der Waals surface area contributed by atoms with Gasteiger partial charge in [0.2, 0.25) is 0 Å². The summed E-state index contributed by atoms with van der Waals surface area (Å²) in [6.45, 7) is 0. The second-order valence-corrected chi connectivity index (χ2v) is 7.53. The zero-order valence-electron chi connectivity index (χ0n) is 12.9. The summed E-state index contributed by atoms with van der Waals surface area (Å²) in [5.41, 5.74) is 9.55. The molecular formula is C18H20N4S. The maximum atomic E-state index is 6.11. The first-order valence-electron chi connectivity index (χ1n) is 8.16. The lowest BCUT2D eigenvalue weighted by atomic mass is 9.80. The summed E-state index contributed by atoms with van der Waals surface area (Å²) in [6.07, 6.45) is 10.4. The summed E-state index contributed by atoms with van der Waals surface area (Å²) >= 11 is 1.78. The van der Waals surface area contributed by atoms with Gasteiger partial charge in [0.25, 0.3) is 0 Å². The van der Waals surface area contributed by atoms with Crippen LogP contribution in [0.4, 0.5) is 0 Å². The summed E-state index contributed by atoms with van der Waals surface area (Å²) in [7, 11) is 0. The standard InChI is InChI=1S/C18H20N4S/c19-18-22-17(15-6-1-2-7-16(15)23-18)13-5-3-4-12(8-13)14-9-20-11-21-10-14/h3-5,8-11,15-17H,1-2,6-7H2,(H2,19,22). The van der Waals surface area contributed by atoms with E-state index in [1.54, 1.807) is 18.1 Å². The highest BCUT2D eigenvalue weighted by molar-refractivity contribution is 8.14. The Morgan fingerprint density at radius 1 is 1.04 bits per heavy atom. The van der Waals surface area contributed by atoms with Crippen molar-refractivity contribution in [1.82, 2.24) is 9.97 Å². The minimum atomic E-state index is 0.186. The molecule has 0 spiro atoms. The lowest BCUT2D eigenvalue weighted by Crippen LogP contribution is -2.34. The van der Waals surface area contributed by atoms with E-state index in [0.717, 1.165) is 16.3 Å². The molecule has 118 valence electrons. The minimum absolute atomic E-state index is 0.186. The van der Waals surface area contributed by atoms with Crippen LogP contribution in [-0.2, 0) is 0 Å². The van der Waals surface area contributed by atoms with Crippen LogP contribution in [0.3, 0.4) is 0 Å². The zero-order chi connectivity index (χ0) is 15.6. The quantitative estimate of drug-likeness (QED) is 0.912. The van der Waals surface area contributed by atoms with Gasteiger partial charge in [-0.05, 0) is 36.0 Å². The molecule has 0 bridgehead atoms. The van der Waals surface area contributed by atoms with Gasteiger partial charge in [-0.15, -0.1) is 0 Å². The van der Waals surface area contributed by atoms with Gasteiger partial charge in [-0.2, -0.15) is 0 Å². The van der Waals surface area contributed by atoms with E-state index in [1.807, 2.05) is 12.4 Å². The molecule has 1 aromatic carbocycles. The molecule has 1 saturated carbocycles. The molecule has 1 aliphatic carbocycles. The van der Waals surface area contributed by atoms with Crippen molar-refractivity contribution in [2.45, 2.75) is 37.0 Å². The largest absolute Gasteiger partial charge is 0.379 e. The molecule has 2 N–H and O–H groups in total. The number of nitrogens with two attached hydrogens (primary N) is 1. The normalized spacial score (nSPS) is 27.1. The van der Waals surface area contributed by atoms with Crippen molar-refractivity contribution in [3.05, 3.63) is 48.5 Å². The first-order valence-corrected chi connectivity index (χ1v) is 9.04. The fraction of sp³-hybridized carbons (Fsp3) is 0.389. The van der Waals surface area contributed by atoms with Gasteiger partial charge in [0, 0.05) is 23.2 Å². The van der Waals surface area contributed by atoms with E-state index in [-0.39, 0.29) is 6.04 Å². The maximum absolute atomic E-state index is 6.11. The molecule has 2 heterocycles. The second-order valence-electron chi connectivity index (χ2n) is 6.27. The number of thioether (sulfide) groups is 1. The molecule has 4 nitrogen and oxygen atoms in total. The van der Waals surface area contributed by atoms with Crippen molar-refractivity contribution in [3.63, 3.8) is 0 Å². The number of aromatic nitrogens is 2. The number of nitrogens with zero attached hydrogens (tertiary/aromatic N) is 3. The number of benzene rings is 1. The van der Waals surface area contributed by atoms with E-state index in [2.05, 4.69) is 34.2 Å². The van der Waals surface area contributed by atoms with Crippen LogP contribution in [0, 0.1) is 5.92 Å². The average molecular weight is 324 g/mol. The van der Waals surface area contributed by atoms with Crippen LogP contribution in [0.5, 0.6) is 0 Å². The molecular weight excluding hydrogens is 304 g/mol. The molecule has 5 heteroatoms. The number of hydrogen-bond acceptors (Lipinski definition) is 5. The Kier molecular flexibility index (Phi) is 4.04. The summed E-state index contributed by atoms with van der Waals surface area (Å²) in [4.78, 5) is 13.0. The van der Waals surface area contributed by atoms with Gasteiger partial charge in [0.1, 0.15) is 6.33 Å². The lowest BCUT2D eigenvalue weighted by Gasteiger charge is -2.38. The fourth-order valence-electron chi connectivity index (χ4n) is 3.72. The highest BCUT2D eigenvalue weighted by Gasteiger charge is 2.37. The predicted octanol–water partition coefficient (Wildman–Crippen LogP) is 3.81. The summed E-state index contributed by atoms with van der Waals surface area (Å²) in [5.74, 6) is 0.600. The van der Waals surface area contributed by atoms with Crippen molar-refractivity contribution in [2.75, 3.05) is 0 Å². The number of amidine groups is 1. The third-order valence-corrected chi connectivity index (χ3v) is 6.05. The molecule has 2 aromatic rings. The van der Waals surface area contributed by atoms with E-state index in [4.69, 9.17) is 10.7 Å². The fourth-order valence-corrected chi connectivity index (χ4v) is 4.95. The van der Waals surface area contributed by atoms with Crippen molar-refractivity contribution in [2.24, 2.45) is 16.6 Å². The Morgan fingerprint density at radius 3 is 2.74 bits per heavy atom. The number of fused-ring (bicyclic) bond motifs is 1. The van der Waals surface area contributed by atoms with Crippen LogP contribution in [0.15, 0.2) is 48.0 Å². The molecule has 0 amide bonds. The van der Waals surface area contributed by atoms with Crippen LogP contribution in [0.1, 0.15) is 37.3 Å². The molecule has 3 atom stereocenters. The minimum Gasteiger partial charge on any atom is -0.379 e. The highest BCUT2D eigenvalue weighted by atomic mass is 32.2. The SMILES string of the molecule is NC1=NC(c2cccc(-c3cncnc3)c2)C2CCCCC2S1. The molecule has 2 aliphatic rings. The van der Waals surface area contributed by atoms with Crippen LogP contribution >= 0.6 is 11.8 Å². The molecule has 3 unspecified atom stereocenters. The van der Waals surface area contributed by atoms with E-state index < -0.39 is 0 Å². The molecule has 1 aliphatic heterocycles. The first-order chi connectivity index (χ1) is 11.3. The van der Waals surface area contributed by atoms with Gasteiger partial charge in [0.05, 0.1) is 6.04 Å². The second kappa shape index (κ2) is 6.32. The average Bonchev–Trinajstić information content (AvgIpc) is 2.62. The van der Waals surface area contributed by atoms with E-state index in [9.17, 15) is 0 Å². The Morgan fingerprint density at radius 2 is 1.87 bits per heavy atom. The van der Waals surface area contributed by atoms with Gasteiger partial charge in [-0.1, -0.05) is 42.8 Å². The van der Waals surface area contributed by atoms with E-state index >= 15 is 0 Å². The molecule has 1 aromatic heterocycles. The van der Waals surface area contributed by atoms with Crippen LogP contribution in [-0.4, -0.2) is 20.4 Å². The first kappa shape index (κ1) is 14.7. The van der Waals surface area contributed by atoms with E-state index in [1.165, 1.54) is 31.2 Å². The zero-order valence-corrected chi connectivity index (χ0v) is 13.7. The Bertz CT molecular complexity index is 716. The van der Waals surface area contributed by atoms with Crippen molar-refractivity contribution in [3.8, 4) is 11.1 Å². The topological polar surface area (TPSA) is 64.2 Å². The van der Waals surface area contributed by atoms with E-state index in [0.29, 0.717) is 11.2 Å². The molecule has 23 heavy (non-hydrogen) atoms. The molecule has 0 radical (unpaired) electrons. The Labute approximate surface area is 140 Å². The number of hydrogen-bond donors (Lipinski definition) is 1. The van der Waals surface area contributed by atoms with Gasteiger partial charge >= 0.3 is 0 Å². The van der Waals surface area contributed by atoms with Gasteiger partial charge in [-0.25, -0.2) is 9.97 Å². The monoisotopic (exact) mass is 324 g/mol. The predicted molar refractivity (Wildman–Crippen MR) is 95.2 cm³/mol. The van der Waals surface area contributed by atoms with Crippen molar-refractivity contribution in [1.29, 1.82) is 0 Å². The molecule has 0 saturated heterocycles. The van der Waals surface area contributed by atoms with Crippen LogP contribution in [0.2, 0.25) is 0 Å². The number of aliphatic imine (C=N–C) groups is 1. The smallest absolute Gasteiger partial charge is 0.154 e. The summed E-state index contributed by atoms with van der Waals surface area (Å²) in [5, 5.41) is 1.36.